The Morgan fingerprint density at radius 2 is 2.00 bits per heavy atom. The normalized spacial score (nSPS) is 10.8. The lowest BCUT2D eigenvalue weighted by Gasteiger charge is -2.10. The van der Waals surface area contributed by atoms with Crippen LogP contribution in [0.5, 0.6) is 0 Å². The van der Waals surface area contributed by atoms with Gasteiger partial charge in [0, 0.05) is 18.0 Å². The highest BCUT2D eigenvalue weighted by Crippen LogP contribution is 2.28. The molecule has 3 heterocycles. The number of amides is 2. The molecule has 0 atom stereocenters. The summed E-state index contributed by atoms with van der Waals surface area (Å²) in [6.07, 6.45) is 3.32. The number of furan rings is 1. The van der Waals surface area contributed by atoms with Crippen LogP contribution < -0.4 is 10.6 Å². The Hall–Kier alpha value is -3.44. The highest BCUT2D eigenvalue weighted by molar-refractivity contribution is 7.98. The van der Waals surface area contributed by atoms with Gasteiger partial charge in [-0.15, -0.1) is 11.3 Å². The van der Waals surface area contributed by atoms with Crippen LogP contribution in [0.15, 0.2) is 57.5 Å². The summed E-state index contributed by atoms with van der Waals surface area (Å²) in [5, 5.41) is 8.20. The van der Waals surface area contributed by atoms with Gasteiger partial charge < -0.3 is 9.73 Å². The standard InChI is InChI=1S/C21H18FN5O3S2/c1-12(28)23-9-15-7-8-18(30-15)16-11-32-20(25-16)26-19(29)17-10-24-21(31-2)27(17)14-5-3-13(22)4-6-14/h3-8,10-11H,9H2,1-2H3,(H,23,28)(H,25,26,29). The Bertz CT molecular complexity index is 1260. The van der Waals surface area contributed by atoms with Crippen molar-refractivity contribution in [2.75, 3.05) is 11.6 Å². The smallest absolute Gasteiger partial charge is 0.276 e. The van der Waals surface area contributed by atoms with Crippen LogP contribution in [-0.4, -0.2) is 32.6 Å². The van der Waals surface area contributed by atoms with Crippen LogP contribution in [0, 0.1) is 5.82 Å². The minimum absolute atomic E-state index is 0.147. The van der Waals surface area contributed by atoms with E-state index in [0.717, 1.165) is 0 Å². The zero-order chi connectivity index (χ0) is 22.7. The van der Waals surface area contributed by atoms with Crippen molar-refractivity contribution >= 4 is 40.0 Å². The molecule has 11 heteroatoms. The lowest BCUT2D eigenvalue weighted by molar-refractivity contribution is -0.119. The molecule has 0 aliphatic carbocycles. The second-order valence-electron chi connectivity index (χ2n) is 6.61. The first-order valence-electron chi connectivity index (χ1n) is 9.42. The van der Waals surface area contributed by atoms with Gasteiger partial charge in [-0.1, -0.05) is 11.8 Å². The average molecular weight is 472 g/mol. The van der Waals surface area contributed by atoms with Crippen LogP contribution >= 0.6 is 23.1 Å². The fourth-order valence-electron chi connectivity index (χ4n) is 2.91. The number of hydrogen-bond acceptors (Lipinski definition) is 7. The molecule has 3 aromatic heterocycles. The highest BCUT2D eigenvalue weighted by atomic mass is 32.2. The van der Waals surface area contributed by atoms with Gasteiger partial charge in [-0.25, -0.2) is 14.4 Å². The minimum Gasteiger partial charge on any atom is -0.458 e. The first-order chi connectivity index (χ1) is 15.4. The molecule has 164 valence electrons. The summed E-state index contributed by atoms with van der Waals surface area (Å²) >= 11 is 2.63. The quantitative estimate of drug-likeness (QED) is 0.389. The zero-order valence-corrected chi connectivity index (χ0v) is 18.7. The monoisotopic (exact) mass is 471 g/mol. The second kappa shape index (κ2) is 9.37. The molecule has 2 N–H and O–H groups in total. The van der Waals surface area contributed by atoms with Crippen molar-refractivity contribution in [2.24, 2.45) is 0 Å². The highest BCUT2D eigenvalue weighted by Gasteiger charge is 2.19. The molecular formula is C21H18FN5O3S2. The molecule has 4 aromatic rings. The summed E-state index contributed by atoms with van der Waals surface area (Å²) < 4.78 is 20.7. The Morgan fingerprint density at radius 3 is 2.72 bits per heavy atom. The topological polar surface area (TPSA) is 102 Å². The van der Waals surface area contributed by atoms with Crippen molar-refractivity contribution in [3.63, 3.8) is 0 Å². The maximum absolute atomic E-state index is 13.3. The summed E-state index contributed by atoms with van der Waals surface area (Å²) in [7, 11) is 0. The third-order valence-electron chi connectivity index (χ3n) is 4.38. The van der Waals surface area contributed by atoms with Crippen molar-refractivity contribution in [3.8, 4) is 17.1 Å². The van der Waals surface area contributed by atoms with Crippen LogP contribution in [0.25, 0.3) is 17.1 Å². The van der Waals surface area contributed by atoms with Crippen molar-refractivity contribution in [1.29, 1.82) is 0 Å². The Labute approximate surface area is 190 Å². The molecule has 2 amide bonds. The third-order valence-corrected chi connectivity index (χ3v) is 5.79. The van der Waals surface area contributed by atoms with Gasteiger partial charge in [0.15, 0.2) is 16.0 Å². The van der Waals surface area contributed by atoms with E-state index in [2.05, 4.69) is 20.6 Å². The summed E-state index contributed by atoms with van der Waals surface area (Å²) in [6, 6.07) is 9.35. The number of carbonyl (C=O) groups excluding carboxylic acids is 2. The van der Waals surface area contributed by atoms with Gasteiger partial charge in [-0.3, -0.25) is 19.5 Å². The first-order valence-corrected chi connectivity index (χ1v) is 11.5. The number of benzene rings is 1. The van der Waals surface area contributed by atoms with E-state index in [0.29, 0.717) is 38.9 Å². The molecule has 4 rings (SSSR count). The number of halogens is 1. The van der Waals surface area contributed by atoms with Crippen LogP contribution in [0.4, 0.5) is 9.52 Å². The molecular weight excluding hydrogens is 453 g/mol. The fraction of sp³-hybridized carbons (Fsp3) is 0.143. The van der Waals surface area contributed by atoms with Crippen LogP contribution in [-0.2, 0) is 11.3 Å². The van der Waals surface area contributed by atoms with E-state index in [1.165, 1.54) is 48.4 Å². The van der Waals surface area contributed by atoms with E-state index in [1.807, 2.05) is 6.26 Å². The molecule has 0 aliphatic rings. The predicted molar refractivity (Wildman–Crippen MR) is 121 cm³/mol. The number of thioether (sulfide) groups is 1. The lowest BCUT2D eigenvalue weighted by Crippen LogP contribution is -2.18. The molecule has 0 aliphatic heterocycles. The van der Waals surface area contributed by atoms with Gasteiger partial charge in [0.1, 0.15) is 23.0 Å². The molecule has 0 saturated heterocycles. The van der Waals surface area contributed by atoms with Gasteiger partial charge in [-0.05, 0) is 42.7 Å². The molecule has 0 fully saturated rings. The van der Waals surface area contributed by atoms with Crippen LogP contribution in [0.3, 0.4) is 0 Å². The van der Waals surface area contributed by atoms with Gasteiger partial charge in [0.25, 0.3) is 5.91 Å². The van der Waals surface area contributed by atoms with Gasteiger partial charge in [0.05, 0.1) is 12.7 Å². The lowest BCUT2D eigenvalue weighted by atomic mass is 10.3. The zero-order valence-electron chi connectivity index (χ0n) is 17.1. The van der Waals surface area contributed by atoms with Crippen LogP contribution in [0.1, 0.15) is 23.2 Å². The van der Waals surface area contributed by atoms with E-state index < -0.39 is 5.91 Å². The van der Waals surface area contributed by atoms with Crippen molar-refractivity contribution in [2.45, 2.75) is 18.6 Å². The van der Waals surface area contributed by atoms with Gasteiger partial charge >= 0.3 is 0 Å². The predicted octanol–water partition coefficient (Wildman–Crippen LogP) is 4.34. The number of rotatable bonds is 7. The van der Waals surface area contributed by atoms with Gasteiger partial charge in [0.2, 0.25) is 5.91 Å². The van der Waals surface area contributed by atoms with Crippen molar-refractivity contribution in [1.82, 2.24) is 19.9 Å². The van der Waals surface area contributed by atoms with E-state index in [1.54, 1.807) is 34.2 Å². The Morgan fingerprint density at radius 1 is 1.22 bits per heavy atom. The third kappa shape index (κ3) is 4.73. The number of anilines is 1. The number of imidazole rings is 1. The van der Waals surface area contributed by atoms with E-state index in [4.69, 9.17) is 4.42 Å². The largest absolute Gasteiger partial charge is 0.458 e. The molecule has 32 heavy (non-hydrogen) atoms. The van der Waals surface area contributed by atoms with E-state index in [-0.39, 0.29) is 18.3 Å². The molecule has 8 nitrogen and oxygen atoms in total. The van der Waals surface area contributed by atoms with Crippen LogP contribution in [0.2, 0.25) is 0 Å². The maximum atomic E-state index is 13.3. The number of nitrogens with one attached hydrogen (secondary N) is 2. The molecule has 0 radical (unpaired) electrons. The maximum Gasteiger partial charge on any atom is 0.276 e. The first kappa shape index (κ1) is 21.8. The second-order valence-corrected chi connectivity index (χ2v) is 8.24. The molecule has 0 spiro atoms. The number of nitrogens with zero attached hydrogens (tertiary/aromatic N) is 3. The number of thiazole rings is 1. The molecule has 0 saturated carbocycles. The SMILES string of the molecule is CSc1ncc(C(=O)Nc2nc(-c3ccc(CNC(C)=O)o3)cs2)n1-c1ccc(F)cc1. The Balaban J connectivity index is 1.52. The average Bonchev–Trinajstić information content (AvgIpc) is 3.51. The number of carbonyl (C=O) groups is 2. The molecule has 1 aromatic carbocycles. The van der Waals surface area contributed by atoms with Gasteiger partial charge in [-0.2, -0.15) is 0 Å². The summed E-state index contributed by atoms with van der Waals surface area (Å²) in [6.45, 7) is 1.72. The van der Waals surface area contributed by atoms with E-state index in [9.17, 15) is 14.0 Å². The number of hydrogen-bond donors (Lipinski definition) is 2. The fourth-order valence-corrected chi connectivity index (χ4v) is 4.15. The van der Waals surface area contributed by atoms with Crippen molar-refractivity contribution < 1.29 is 18.4 Å². The summed E-state index contributed by atoms with van der Waals surface area (Å²) in [4.78, 5) is 32.7. The summed E-state index contributed by atoms with van der Waals surface area (Å²) in [5.41, 5.74) is 1.49. The van der Waals surface area contributed by atoms with E-state index >= 15 is 0 Å². The number of aromatic nitrogens is 3. The minimum atomic E-state index is -0.395. The summed E-state index contributed by atoms with van der Waals surface area (Å²) in [5.74, 6) is 0.226. The molecule has 0 unspecified atom stereocenters. The van der Waals surface area contributed by atoms with Crippen molar-refractivity contribution in [3.05, 3.63) is 65.2 Å². The Kier molecular flexibility index (Phi) is 6.37. The molecule has 0 bridgehead atoms.